The van der Waals surface area contributed by atoms with E-state index in [1.165, 1.54) is 11.8 Å². The second kappa shape index (κ2) is 8.39. The molecule has 1 saturated heterocycles. The standard InChI is InChI=1S/C22H22N4O3S/c27-20(23-12-15-7-8-18-19(11-15)29-14-28-18)13-30-22-21(26-9-3-4-10-26)24-16-5-1-2-6-17(16)25-22/h1-2,5-8,11H,3-4,9-10,12-14H2,(H,23,27). The molecule has 3 heterocycles. The molecule has 2 aromatic carbocycles. The highest BCUT2D eigenvalue weighted by Gasteiger charge is 2.20. The predicted octanol–water partition coefficient (Wildman–Crippen LogP) is 3.37. The van der Waals surface area contributed by atoms with Crippen LogP contribution in [0, 0.1) is 0 Å². The van der Waals surface area contributed by atoms with Gasteiger partial charge in [-0.15, -0.1) is 0 Å². The normalized spacial score (nSPS) is 15.0. The SMILES string of the molecule is O=C(CSc1nc2ccccc2nc1N1CCCC1)NCc1ccc2c(c1)OCO2. The van der Waals surface area contributed by atoms with Crippen molar-refractivity contribution in [1.29, 1.82) is 0 Å². The van der Waals surface area contributed by atoms with Crippen molar-refractivity contribution in [3.63, 3.8) is 0 Å². The van der Waals surface area contributed by atoms with Gasteiger partial charge in [-0.1, -0.05) is 30.0 Å². The minimum Gasteiger partial charge on any atom is -0.454 e. The summed E-state index contributed by atoms with van der Waals surface area (Å²) in [7, 11) is 0. The lowest BCUT2D eigenvalue weighted by Crippen LogP contribution is -2.25. The van der Waals surface area contributed by atoms with E-state index in [1.54, 1.807) is 0 Å². The van der Waals surface area contributed by atoms with Gasteiger partial charge < -0.3 is 19.7 Å². The molecule has 0 atom stereocenters. The number of rotatable bonds is 6. The van der Waals surface area contributed by atoms with Crippen molar-refractivity contribution in [1.82, 2.24) is 15.3 Å². The second-order valence-electron chi connectivity index (χ2n) is 7.29. The van der Waals surface area contributed by atoms with E-state index in [9.17, 15) is 4.79 Å². The summed E-state index contributed by atoms with van der Waals surface area (Å²) in [5.41, 5.74) is 2.71. The molecule has 30 heavy (non-hydrogen) atoms. The van der Waals surface area contributed by atoms with Crippen molar-refractivity contribution in [3.05, 3.63) is 48.0 Å². The Morgan fingerprint density at radius 2 is 1.80 bits per heavy atom. The van der Waals surface area contributed by atoms with Gasteiger partial charge in [0.15, 0.2) is 17.3 Å². The Morgan fingerprint density at radius 1 is 1.03 bits per heavy atom. The van der Waals surface area contributed by atoms with E-state index in [0.29, 0.717) is 12.3 Å². The molecule has 0 aliphatic carbocycles. The minimum atomic E-state index is -0.0417. The van der Waals surface area contributed by atoms with E-state index in [-0.39, 0.29) is 12.7 Å². The molecule has 0 unspecified atom stereocenters. The summed E-state index contributed by atoms with van der Waals surface area (Å²) < 4.78 is 10.7. The molecule has 0 bridgehead atoms. The maximum absolute atomic E-state index is 12.5. The number of hydrogen-bond donors (Lipinski definition) is 1. The number of nitrogens with one attached hydrogen (secondary N) is 1. The van der Waals surface area contributed by atoms with Gasteiger partial charge in [0, 0.05) is 19.6 Å². The predicted molar refractivity (Wildman–Crippen MR) is 116 cm³/mol. The molecule has 1 fully saturated rings. The Balaban J connectivity index is 1.26. The monoisotopic (exact) mass is 422 g/mol. The highest BCUT2D eigenvalue weighted by Crippen LogP contribution is 2.33. The quantitative estimate of drug-likeness (QED) is 0.611. The first-order valence-corrected chi connectivity index (χ1v) is 11.0. The van der Waals surface area contributed by atoms with Crippen LogP contribution >= 0.6 is 11.8 Å². The van der Waals surface area contributed by atoms with E-state index >= 15 is 0 Å². The van der Waals surface area contributed by atoms with Crippen molar-refractivity contribution in [2.45, 2.75) is 24.4 Å². The van der Waals surface area contributed by atoms with Crippen LogP contribution in [0.15, 0.2) is 47.5 Å². The molecule has 8 heteroatoms. The van der Waals surface area contributed by atoms with Gasteiger partial charge in [0.25, 0.3) is 0 Å². The summed E-state index contributed by atoms with van der Waals surface area (Å²) in [6.45, 7) is 2.65. The molecular formula is C22H22N4O3S. The van der Waals surface area contributed by atoms with E-state index in [0.717, 1.165) is 64.9 Å². The van der Waals surface area contributed by atoms with Crippen LogP contribution in [-0.2, 0) is 11.3 Å². The third-order valence-corrected chi connectivity index (χ3v) is 6.15. The van der Waals surface area contributed by atoms with E-state index in [2.05, 4.69) is 10.2 Å². The number of ether oxygens (including phenoxy) is 2. The van der Waals surface area contributed by atoms with Crippen molar-refractivity contribution in [2.24, 2.45) is 0 Å². The highest BCUT2D eigenvalue weighted by atomic mass is 32.2. The fourth-order valence-electron chi connectivity index (χ4n) is 3.64. The second-order valence-corrected chi connectivity index (χ2v) is 8.25. The number of carbonyl (C=O) groups is 1. The number of aromatic nitrogens is 2. The van der Waals surface area contributed by atoms with Gasteiger partial charge in [-0.2, -0.15) is 0 Å². The number of amides is 1. The topological polar surface area (TPSA) is 76.6 Å². The molecule has 1 amide bonds. The Morgan fingerprint density at radius 3 is 2.63 bits per heavy atom. The number of anilines is 1. The molecule has 3 aromatic rings. The Hall–Kier alpha value is -3.00. The van der Waals surface area contributed by atoms with E-state index < -0.39 is 0 Å². The molecule has 0 saturated carbocycles. The summed E-state index contributed by atoms with van der Waals surface area (Å²) >= 11 is 1.44. The summed E-state index contributed by atoms with van der Waals surface area (Å²) in [6, 6.07) is 13.6. The van der Waals surface area contributed by atoms with E-state index in [1.807, 2.05) is 42.5 Å². The zero-order valence-electron chi connectivity index (χ0n) is 16.5. The van der Waals surface area contributed by atoms with E-state index in [4.69, 9.17) is 19.4 Å². The smallest absolute Gasteiger partial charge is 0.231 e. The van der Waals surface area contributed by atoms with Crippen LogP contribution in [0.5, 0.6) is 11.5 Å². The summed E-state index contributed by atoms with van der Waals surface area (Å²) in [5, 5.41) is 3.78. The first-order valence-electron chi connectivity index (χ1n) is 10.1. The van der Waals surface area contributed by atoms with Crippen molar-refractivity contribution >= 4 is 34.5 Å². The molecule has 154 valence electrons. The fourth-order valence-corrected chi connectivity index (χ4v) is 4.48. The van der Waals surface area contributed by atoms with Crippen LogP contribution < -0.4 is 19.7 Å². The van der Waals surface area contributed by atoms with Gasteiger partial charge in [-0.05, 0) is 42.7 Å². The van der Waals surface area contributed by atoms with Gasteiger partial charge in [0.1, 0.15) is 5.03 Å². The first kappa shape index (κ1) is 19.0. The molecule has 5 rings (SSSR count). The lowest BCUT2D eigenvalue weighted by atomic mass is 10.2. The van der Waals surface area contributed by atoms with Crippen LogP contribution in [0.2, 0.25) is 0 Å². The summed E-state index contributed by atoms with van der Waals surface area (Å²) in [5.74, 6) is 2.60. The van der Waals surface area contributed by atoms with Crippen molar-refractivity contribution < 1.29 is 14.3 Å². The first-order chi connectivity index (χ1) is 14.8. The van der Waals surface area contributed by atoms with Crippen molar-refractivity contribution in [3.8, 4) is 11.5 Å². The number of fused-ring (bicyclic) bond motifs is 2. The molecule has 2 aliphatic heterocycles. The number of hydrogen-bond acceptors (Lipinski definition) is 7. The molecule has 7 nitrogen and oxygen atoms in total. The Bertz CT molecular complexity index is 1090. The molecule has 0 spiro atoms. The van der Waals surface area contributed by atoms with Crippen LogP contribution in [0.3, 0.4) is 0 Å². The number of nitrogens with zero attached hydrogens (tertiary/aromatic N) is 3. The average molecular weight is 423 g/mol. The van der Waals surface area contributed by atoms with Crippen molar-refractivity contribution in [2.75, 3.05) is 30.5 Å². The maximum Gasteiger partial charge on any atom is 0.231 e. The zero-order chi connectivity index (χ0) is 20.3. The Kier molecular flexibility index (Phi) is 5.31. The van der Waals surface area contributed by atoms with Gasteiger partial charge >= 0.3 is 0 Å². The molecule has 1 N–H and O–H groups in total. The lowest BCUT2D eigenvalue weighted by molar-refractivity contribution is -0.118. The molecule has 1 aromatic heterocycles. The third kappa shape index (κ3) is 4.00. The Labute approximate surface area is 178 Å². The summed E-state index contributed by atoms with van der Waals surface area (Å²) in [6.07, 6.45) is 2.32. The zero-order valence-corrected chi connectivity index (χ0v) is 17.3. The number of benzene rings is 2. The van der Waals surface area contributed by atoms with Gasteiger partial charge in [0.05, 0.1) is 16.8 Å². The van der Waals surface area contributed by atoms with Crippen LogP contribution in [0.1, 0.15) is 18.4 Å². The average Bonchev–Trinajstić information content (AvgIpc) is 3.47. The highest BCUT2D eigenvalue weighted by molar-refractivity contribution is 8.00. The summed E-state index contributed by atoms with van der Waals surface area (Å²) in [4.78, 5) is 24.4. The largest absolute Gasteiger partial charge is 0.454 e. The van der Waals surface area contributed by atoms with Gasteiger partial charge in [0.2, 0.25) is 12.7 Å². The van der Waals surface area contributed by atoms with Crippen LogP contribution in [0.4, 0.5) is 5.82 Å². The molecule has 2 aliphatic rings. The van der Waals surface area contributed by atoms with Crippen LogP contribution in [-0.4, -0.2) is 41.5 Å². The fraction of sp³-hybridized carbons (Fsp3) is 0.318. The molecular weight excluding hydrogens is 400 g/mol. The third-order valence-electron chi connectivity index (χ3n) is 5.19. The molecule has 0 radical (unpaired) electrons. The number of thioether (sulfide) groups is 1. The van der Waals surface area contributed by atoms with Gasteiger partial charge in [-0.3, -0.25) is 4.79 Å². The lowest BCUT2D eigenvalue weighted by Gasteiger charge is -2.19. The van der Waals surface area contributed by atoms with Crippen LogP contribution in [0.25, 0.3) is 11.0 Å². The minimum absolute atomic E-state index is 0.0417. The number of carbonyl (C=O) groups excluding carboxylic acids is 1. The number of para-hydroxylation sites is 2. The van der Waals surface area contributed by atoms with Gasteiger partial charge in [-0.25, -0.2) is 9.97 Å². The maximum atomic E-state index is 12.5.